The number of amides is 1. The molecule has 1 saturated carbocycles. The van der Waals surface area contributed by atoms with Crippen LogP contribution in [0.2, 0.25) is 0 Å². The molecule has 102 valence electrons. The van der Waals surface area contributed by atoms with Gasteiger partial charge in [0, 0.05) is 17.8 Å². The Morgan fingerprint density at radius 3 is 2.95 bits per heavy atom. The Labute approximate surface area is 109 Å². The molecular weight excluding hydrogens is 254 g/mol. The zero-order valence-corrected chi connectivity index (χ0v) is 10.1. The van der Waals surface area contributed by atoms with Crippen molar-refractivity contribution in [3.05, 3.63) is 24.3 Å². The number of ether oxygens (including phenoxy) is 1. The van der Waals surface area contributed by atoms with E-state index >= 15 is 0 Å². The van der Waals surface area contributed by atoms with Crippen LogP contribution in [-0.4, -0.2) is 24.6 Å². The average molecular weight is 268 g/mol. The molecular formula is C13H14F2N2O2. The lowest BCUT2D eigenvalue weighted by Gasteiger charge is -2.14. The number of piperidine rings is 1. The van der Waals surface area contributed by atoms with Gasteiger partial charge in [-0.3, -0.25) is 4.79 Å². The molecule has 1 aromatic rings. The third kappa shape index (κ3) is 2.84. The predicted octanol–water partition coefficient (Wildman–Crippen LogP) is 1.98. The van der Waals surface area contributed by atoms with Crippen molar-refractivity contribution in [3.63, 3.8) is 0 Å². The monoisotopic (exact) mass is 268 g/mol. The number of nitrogens with one attached hydrogen (secondary N) is 2. The van der Waals surface area contributed by atoms with E-state index in [9.17, 15) is 13.6 Å². The molecule has 0 radical (unpaired) electrons. The van der Waals surface area contributed by atoms with Crippen LogP contribution in [0.5, 0.6) is 5.75 Å². The molecule has 3 atom stereocenters. The van der Waals surface area contributed by atoms with Crippen molar-refractivity contribution in [1.82, 2.24) is 5.32 Å². The summed E-state index contributed by atoms with van der Waals surface area (Å²) in [5.74, 6) is 0.542. The third-order valence-electron chi connectivity index (χ3n) is 3.52. The molecule has 1 saturated heterocycles. The molecule has 3 rings (SSSR count). The van der Waals surface area contributed by atoms with Crippen molar-refractivity contribution < 1.29 is 18.3 Å². The molecule has 19 heavy (non-hydrogen) atoms. The summed E-state index contributed by atoms with van der Waals surface area (Å²) in [6, 6.07) is 6.33. The summed E-state index contributed by atoms with van der Waals surface area (Å²) in [6.45, 7) is -2.87. The van der Waals surface area contributed by atoms with Crippen LogP contribution in [0, 0.1) is 5.92 Å². The van der Waals surface area contributed by atoms with Crippen molar-refractivity contribution >= 4 is 11.6 Å². The van der Waals surface area contributed by atoms with Gasteiger partial charge in [-0.2, -0.15) is 8.78 Å². The van der Waals surface area contributed by atoms with Crippen LogP contribution in [-0.2, 0) is 4.79 Å². The topological polar surface area (TPSA) is 50.4 Å². The first-order valence-electron chi connectivity index (χ1n) is 6.23. The van der Waals surface area contributed by atoms with Crippen molar-refractivity contribution in [2.75, 3.05) is 5.32 Å². The number of alkyl halides is 2. The number of benzene rings is 1. The minimum absolute atomic E-state index is 0.0371. The Morgan fingerprint density at radius 1 is 1.42 bits per heavy atom. The van der Waals surface area contributed by atoms with Crippen LogP contribution in [0.25, 0.3) is 0 Å². The number of carbonyl (C=O) groups excluding carboxylic acids is 1. The summed E-state index contributed by atoms with van der Waals surface area (Å²) >= 11 is 0. The molecule has 1 aliphatic heterocycles. The summed E-state index contributed by atoms with van der Waals surface area (Å²) < 4.78 is 28.5. The Balaban J connectivity index is 1.60. The van der Waals surface area contributed by atoms with E-state index in [4.69, 9.17) is 0 Å². The van der Waals surface area contributed by atoms with Gasteiger partial charge in [0.25, 0.3) is 0 Å². The lowest BCUT2D eigenvalue weighted by Crippen LogP contribution is -2.37. The number of rotatable bonds is 4. The van der Waals surface area contributed by atoms with Gasteiger partial charge in [-0.25, -0.2) is 0 Å². The molecule has 0 spiro atoms. The van der Waals surface area contributed by atoms with Gasteiger partial charge in [0.2, 0.25) is 5.91 Å². The highest BCUT2D eigenvalue weighted by Gasteiger charge is 2.47. The van der Waals surface area contributed by atoms with Gasteiger partial charge < -0.3 is 15.4 Å². The molecule has 1 unspecified atom stereocenters. The largest absolute Gasteiger partial charge is 0.435 e. The summed E-state index contributed by atoms with van der Waals surface area (Å²) in [5, 5.41) is 5.94. The number of hydrogen-bond acceptors (Lipinski definition) is 3. The highest BCUT2D eigenvalue weighted by Crippen LogP contribution is 2.40. The Hall–Kier alpha value is -1.69. The average Bonchev–Trinajstić information content (AvgIpc) is 2.95. The molecule has 1 aliphatic carbocycles. The van der Waals surface area contributed by atoms with Gasteiger partial charge >= 0.3 is 6.61 Å². The zero-order valence-electron chi connectivity index (χ0n) is 10.1. The molecule has 2 fully saturated rings. The smallest absolute Gasteiger partial charge is 0.387 e. The normalized spacial score (nSPS) is 28.1. The van der Waals surface area contributed by atoms with Crippen LogP contribution in [0.15, 0.2) is 24.3 Å². The third-order valence-corrected chi connectivity index (χ3v) is 3.52. The number of hydrogen-bond donors (Lipinski definition) is 2. The van der Waals surface area contributed by atoms with E-state index in [-0.39, 0.29) is 17.7 Å². The van der Waals surface area contributed by atoms with E-state index in [1.807, 2.05) is 0 Å². The zero-order chi connectivity index (χ0) is 13.4. The van der Waals surface area contributed by atoms with Crippen LogP contribution in [0.3, 0.4) is 0 Å². The predicted molar refractivity (Wildman–Crippen MR) is 65.1 cm³/mol. The SMILES string of the molecule is O=C(Nc1cccc(OC(F)F)c1)[C@@H]1CC2C[C@H]2N1. The van der Waals surface area contributed by atoms with E-state index in [1.165, 1.54) is 12.1 Å². The lowest BCUT2D eigenvalue weighted by atomic mass is 10.1. The van der Waals surface area contributed by atoms with Gasteiger partial charge in [0.05, 0.1) is 6.04 Å². The molecule has 1 amide bonds. The maximum atomic E-state index is 12.1. The molecule has 1 aromatic carbocycles. The van der Waals surface area contributed by atoms with Crippen molar-refractivity contribution in [3.8, 4) is 5.75 Å². The quantitative estimate of drug-likeness (QED) is 0.878. The number of carbonyl (C=O) groups is 1. The fourth-order valence-corrected chi connectivity index (χ4v) is 2.50. The first kappa shape index (κ1) is 12.3. The molecule has 2 N–H and O–H groups in total. The van der Waals surface area contributed by atoms with E-state index < -0.39 is 6.61 Å². The van der Waals surface area contributed by atoms with Crippen molar-refractivity contribution in [1.29, 1.82) is 0 Å². The van der Waals surface area contributed by atoms with E-state index in [2.05, 4.69) is 15.4 Å². The van der Waals surface area contributed by atoms with Crippen molar-refractivity contribution in [2.45, 2.75) is 31.5 Å². The minimum Gasteiger partial charge on any atom is -0.435 e. The summed E-state index contributed by atoms with van der Waals surface area (Å²) in [6.07, 6.45) is 2.01. The first-order valence-corrected chi connectivity index (χ1v) is 6.23. The highest BCUT2D eigenvalue weighted by atomic mass is 19.3. The number of halogens is 2. The molecule has 6 heteroatoms. The summed E-state index contributed by atoms with van der Waals surface area (Å²) in [4.78, 5) is 12.0. The van der Waals surface area contributed by atoms with Gasteiger partial charge in [0.1, 0.15) is 5.75 Å². The molecule has 0 bridgehead atoms. The second-order valence-electron chi connectivity index (χ2n) is 4.95. The van der Waals surface area contributed by atoms with E-state index in [1.54, 1.807) is 12.1 Å². The number of anilines is 1. The minimum atomic E-state index is -2.87. The fraction of sp³-hybridized carbons (Fsp3) is 0.462. The standard InChI is InChI=1S/C13H14F2N2O2/c14-13(15)19-9-3-1-2-8(6-9)16-12(18)11-5-7-4-10(7)17-11/h1-3,6-7,10-11,13,17H,4-5H2,(H,16,18)/t7?,10-,11+/m1/s1. The summed E-state index contributed by atoms with van der Waals surface area (Å²) in [5.41, 5.74) is 0.463. The first-order chi connectivity index (χ1) is 9.11. The van der Waals surface area contributed by atoms with Gasteiger partial charge in [0.15, 0.2) is 0 Å². The second-order valence-corrected chi connectivity index (χ2v) is 4.95. The Morgan fingerprint density at radius 2 is 2.26 bits per heavy atom. The van der Waals surface area contributed by atoms with Crippen LogP contribution in [0.1, 0.15) is 12.8 Å². The van der Waals surface area contributed by atoms with Gasteiger partial charge in [-0.15, -0.1) is 0 Å². The van der Waals surface area contributed by atoms with Crippen LogP contribution in [0.4, 0.5) is 14.5 Å². The van der Waals surface area contributed by atoms with Gasteiger partial charge in [-0.05, 0) is 30.9 Å². The van der Waals surface area contributed by atoms with E-state index in [0.29, 0.717) is 17.6 Å². The second kappa shape index (κ2) is 4.77. The maximum absolute atomic E-state index is 12.1. The van der Waals surface area contributed by atoms with E-state index in [0.717, 1.165) is 12.8 Å². The molecule has 4 nitrogen and oxygen atoms in total. The Kier molecular flexibility index (Phi) is 3.10. The summed E-state index contributed by atoms with van der Waals surface area (Å²) in [7, 11) is 0. The van der Waals surface area contributed by atoms with Crippen molar-refractivity contribution in [2.24, 2.45) is 5.92 Å². The fourth-order valence-electron chi connectivity index (χ4n) is 2.50. The van der Waals surface area contributed by atoms with Gasteiger partial charge in [-0.1, -0.05) is 6.07 Å². The lowest BCUT2D eigenvalue weighted by molar-refractivity contribution is -0.118. The Bertz CT molecular complexity index is 485. The van der Waals surface area contributed by atoms with Crippen LogP contribution >= 0.6 is 0 Å². The van der Waals surface area contributed by atoms with Crippen LogP contribution < -0.4 is 15.4 Å². The molecule has 0 aromatic heterocycles. The highest BCUT2D eigenvalue weighted by molar-refractivity contribution is 5.95. The maximum Gasteiger partial charge on any atom is 0.387 e. The molecule has 2 aliphatic rings. The molecule has 1 heterocycles. The number of fused-ring (bicyclic) bond motifs is 1.